The number of ether oxygens (including phenoxy) is 2. The van der Waals surface area contributed by atoms with Gasteiger partial charge < -0.3 is 9.47 Å². The minimum absolute atomic E-state index is 0.0105. The Bertz CT molecular complexity index is 509. The molecule has 1 aliphatic heterocycles. The van der Waals surface area contributed by atoms with Gasteiger partial charge in [0.15, 0.2) is 11.5 Å². The Labute approximate surface area is 112 Å². The Kier molecular flexibility index (Phi) is 3.74. The molecular weight excluding hydrogens is 244 g/mol. The number of fused-ring (bicyclic) bond motifs is 1. The Morgan fingerprint density at radius 1 is 1.32 bits per heavy atom. The summed E-state index contributed by atoms with van der Waals surface area (Å²) < 4.78 is 11.5. The number of nitrogens with zero attached hydrogens (tertiary/aromatic N) is 1. The van der Waals surface area contributed by atoms with E-state index in [2.05, 4.69) is 24.4 Å². The highest BCUT2D eigenvalue weighted by atomic mass is 16.5. The Morgan fingerprint density at radius 2 is 2.00 bits per heavy atom. The van der Waals surface area contributed by atoms with E-state index in [0.717, 1.165) is 11.3 Å². The molecule has 0 bridgehead atoms. The number of carbonyl (C=O) groups is 1. The van der Waals surface area contributed by atoms with Crippen molar-refractivity contribution in [2.45, 2.75) is 20.8 Å². The largest absolute Gasteiger partial charge is 0.489 e. The van der Waals surface area contributed by atoms with Crippen LogP contribution in [0.1, 0.15) is 26.3 Å². The predicted octanol–water partition coefficient (Wildman–Crippen LogP) is 1.95. The third-order valence-corrected chi connectivity index (χ3v) is 2.64. The van der Waals surface area contributed by atoms with Gasteiger partial charge in [-0.1, -0.05) is 13.8 Å². The molecule has 19 heavy (non-hydrogen) atoms. The monoisotopic (exact) mass is 262 g/mol. The number of benzene rings is 1. The highest BCUT2D eigenvalue weighted by molar-refractivity contribution is 5.82. The molecular formula is C14H18N2O3. The number of carbonyl (C=O) groups excluding carboxylic acids is 1. The summed E-state index contributed by atoms with van der Waals surface area (Å²) in [7, 11) is 0. The lowest BCUT2D eigenvalue weighted by Gasteiger charge is -2.19. The first-order chi connectivity index (χ1) is 8.96. The van der Waals surface area contributed by atoms with Crippen molar-refractivity contribution in [3.05, 3.63) is 23.8 Å². The van der Waals surface area contributed by atoms with Crippen molar-refractivity contribution >= 4 is 12.1 Å². The topological polar surface area (TPSA) is 59.9 Å². The lowest BCUT2D eigenvalue weighted by atomic mass is 9.97. The van der Waals surface area contributed by atoms with Crippen LogP contribution >= 0.6 is 0 Å². The second-order valence-corrected chi connectivity index (χ2v) is 5.37. The van der Waals surface area contributed by atoms with E-state index < -0.39 is 0 Å². The summed E-state index contributed by atoms with van der Waals surface area (Å²) in [6.07, 6.45) is 1.57. The Hall–Kier alpha value is -2.04. The molecule has 1 N–H and O–H groups in total. The summed E-state index contributed by atoms with van der Waals surface area (Å²) >= 11 is 0. The van der Waals surface area contributed by atoms with Crippen molar-refractivity contribution in [2.24, 2.45) is 10.5 Å². The molecule has 1 aromatic rings. The van der Waals surface area contributed by atoms with Crippen LogP contribution in [0, 0.1) is 5.41 Å². The quantitative estimate of drug-likeness (QED) is 0.654. The maximum absolute atomic E-state index is 10.7. The average Bonchev–Trinajstić information content (AvgIpc) is 2.48. The van der Waals surface area contributed by atoms with E-state index in [1.165, 1.54) is 6.92 Å². The lowest BCUT2D eigenvalue weighted by Crippen LogP contribution is -2.26. The van der Waals surface area contributed by atoms with Crippen LogP contribution in [0.2, 0.25) is 0 Å². The van der Waals surface area contributed by atoms with Crippen molar-refractivity contribution in [3.8, 4) is 11.5 Å². The first-order valence-electron chi connectivity index (χ1n) is 6.16. The van der Waals surface area contributed by atoms with E-state index >= 15 is 0 Å². The number of hydrogen-bond acceptors (Lipinski definition) is 4. The second kappa shape index (κ2) is 5.30. The molecule has 2 rings (SSSR count). The average molecular weight is 262 g/mol. The summed E-state index contributed by atoms with van der Waals surface area (Å²) in [5.41, 5.74) is 3.19. The van der Waals surface area contributed by atoms with Crippen LogP contribution < -0.4 is 14.9 Å². The molecule has 1 amide bonds. The molecule has 0 saturated heterocycles. The molecule has 0 aliphatic carbocycles. The van der Waals surface area contributed by atoms with Gasteiger partial charge in [-0.05, 0) is 23.8 Å². The highest BCUT2D eigenvalue weighted by Gasteiger charge is 2.25. The van der Waals surface area contributed by atoms with E-state index in [0.29, 0.717) is 19.0 Å². The SMILES string of the molecule is CC(=O)N/N=C\c1ccc2c(c1)OCC(C)(C)CO2. The molecule has 5 nitrogen and oxygen atoms in total. The van der Waals surface area contributed by atoms with E-state index in [-0.39, 0.29) is 11.3 Å². The molecule has 0 unspecified atom stereocenters. The van der Waals surface area contributed by atoms with Gasteiger partial charge in [0, 0.05) is 12.3 Å². The van der Waals surface area contributed by atoms with Crippen LogP contribution in [0.15, 0.2) is 23.3 Å². The summed E-state index contributed by atoms with van der Waals surface area (Å²) in [6.45, 7) is 6.83. The molecule has 1 aromatic carbocycles. The second-order valence-electron chi connectivity index (χ2n) is 5.37. The van der Waals surface area contributed by atoms with Crippen molar-refractivity contribution in [1.29, 1.82) is 0 Å². The third-order valence-electron chi connectivity index (χ3n) is 2.64. The highest BCUT2D eigenvalue weighted by Crippen LogP contribution is 2.33. The maximum atomic E-state index is 10.7. The lowest BCUT2D eigenvalue weighted by molar-refractivity contribution is -0.118. The summed E-state index contributed by atoms with van der Waals surface area (Å²) in [5, 5.41) is 3.82. The number of amides is 1. The fourth-order valence-corrected chi connectivity index (χ4v) is 1.62. The standard InChI is InChI=1S/C14H18N2O3/c1-10(17)16-15-7-11-4-5-12-13(6-11)19-9-14(2,3)8-18-12/h4-7H,8-9H2,1-3H3,(H,16,17)/b15-7-. The normalized spacial score (nSPS) is 17.0. The Balaban J connectivity index is 2.14. The van der Waals surface area contributed by atoms with Crippen molar-refractivity contribution in [2.75, 3.05) is 13.2 Å². The third kappa shape index (κ3) is 3.71. The summed E-state index contributed by atoms with van der Waals surface area (Å²) in [5.74, 6) is 1.24. The van der Waals surface area contributed by atoms with Gasteiger partial charge in [0.2, 0.25) is 5.91 Å². The molecule has 0 atom stereocenters. The predicted molar refractivity (Wildman–Crippen MR) is 72.6 cm³/mol. The van der Waals surface area contributed by atoms with Crippen molar-refractivity contribution in [1.82, 2.24) is 5.43 Å². The molecule has 0 aromatic heterocycles. The van der Waals surface area contributed by atoms with Gasteiger partial charge >= 0.3 is 0 Å². The van der Waals surface area contributed by atoms with Crippen LogP contribution in [-0.4, -0.2) is 25.3 Å². The van der Waals surface area contributed by atoms with Crippen molar-refractivity contribution < 1.29 is 14.3 Å². The molecule has 0 radical (unpaired) electrons. The molecule has 102 valence electrons. The molecule has 0 saturated carbocycles. The number of rotatable bonds is 2. The first-order valence-corrected chi connectivity index (χ1v) is 6.16. The van der Waals surface area contributed by atoms with E-state index in [9.17, 15) is 4.79 Å². The van der Waals surface area contributed by atoms with E-state index in [1.807, 2.05) is 18.2 Å². The zero-order valence-electron chi connectivity index (χ0n) is 11.4. The van der Waals surface area contributed by atoms with Crippen LogP contribution in [0.3, 0.4) is 0 Å². The van der Waals surface area contributed by atoms with Gasteiger partial charge in [0.05, 0.1) is 19.4 Å². The van der Waals surface area contributed by atoms with Crippen LogP contribution in [0.25, 0.3) is 0 Å². The van der Waals surface area contributed by atoms with Gasteiger partial charge in [-0.25, -0.2) is 5.43 Å². The minimum atomic E-state index is -0.202. The number of hydrogen-bond donors (Lipinski definition) is 1. The zero-order valence-corrected chi connectivity index (χ0v) is 11.4. The van der Waals surface area contributed by atoms with Gasteiger partial charge in [0.25, 0.3) is 0 Å². The molecule has 0 fully saturated rings. The zero-order chi connectivity index (χ0) is 13.9. The summed E-state index contributed by atoms with van der Waals surface area (Å²) in [6, 6.07) is 5.57. The minimum Gasteiger partial charge on any atom is -0.489 e. The van der Waals surface area contributed by atoms with Crippen LogP contribution in [-0.2, 0) is 4.79 Å². The Morgan fingerprint density at radius 3 is 2.68 bits per heavy atom. The first kappa shape index (κ1) is 13.4. The van der Waals surface area contributed by atoms with Gasteiger partial charge in [0.1, 0.15) is 0 Å². The maximum Gasteiger partial charge on any atom is 0.236 e. The van der Waals surface area contributed by atoms with Gasteiger partial charge in [-0.2, -0.15) is 5.10 Å². The number of hydrazone groups is 1. The van der Waals surface area contributed by atoms with Gasteiger partial charge in [-0.3, -0.25) is 4.79 Å². The molecule has 1 aliphatic rings. The molecule has 0 spiro atoms. The van der Waals surface area contributed by atoms with E-state index in [1.54, 1.807) is 6.21 Å². The fourth-order valence-electron chi connectivity index (χ4n) is 1.62. The van der Waals surface area contributed by atoms with Crippen LogP contribution in [0.4, 0.5) is 0 Å². The molecule has 5 heteroatoms. The van der Waals surface area contributed by atoms with Crippen LogP contribution in [0.5, 0.6) is 11.5 Å². The van der Waals surface area contributed by atoms with Gasteiger partial charge in [-0.15, -0.1) is 0 Å². The van der Waals surface area contributed by atoms with Crippen molar-refractivity contribution in [3.63, 3.8) is 0 Å². The number of nitrogens with one attached hydrogen (secondary N) is 1. The molecule has 1 heterocycles. The summed E-state index contributed by atoms with van der Waals surface area (Å²) in [4.78, 5) is 10.7. The smallest absolute Gasteiger partial charge is 0.236 e. The fraction of sp³-hybridized carbons (Fsp3) is 0.429. The van der Waals surface area contributed by atoms with E-state index in [4.69, 9.17) is 9.47 Å².